The minimum atomic E-state index is -0.520. The minimum Gasteiger partial charge on any atom is -0.508 e. The van der Waals surface area contributed by atoms with E-state index < -0.39 is 5.82 Å². The number of rotatable bonds is 7. The maximum atomic E-state index is 14.0. The SMILES string of the molecule is Oc1cc(F)cc(-c2ccnc3nc(-c4n[nH]c5ccc(-c6cncc(CNCC7CCCC7)c6)cc45)[nH]c23)c1. The van der Waals surface area contributed by atoms with E-state index in [2.05, 4.69) is 48.7 Å². The van der Waals surface area contributed by atoms with Crippen LogP contribution in [0.25, 0.3) is 55.8 Å². The van der Waals surface area contributed by atoms with Crippen molar-refractivity contribution < 1.29 is 9.50 Å². The van der Waals surface area contributed by atoms with Gasteiger partial charge in [-0.05, 0) is 78.4 Å². The number of nitrogens with one attached hydrogen (secondary N) is 3. The lowest BCUT2D eigenvalue weighted by atomic mass is 10.0. The molecule has 9 heteroatoms. The molecule has 0 bridgehead atoms. The van der Waals surface area contributed by atoms with E-state index in [4.69, 9.17) is 4.98 Å². The molecule has 1 saturated carbocycles. The van der Waals surface area contributed by atoms with Crippen molar-refractivity contribution in [2.45, 2.75) is 32.2 Å². The third-order valence-electron chi connectivity index (χ3n) is 7.74. The van der Waals surface area contributed by atoms with Gasteiger partial charge in [0.1, 0.15) is 17.3 Å². The van der Waals surface area contributed by atoms with E-state index in [0.717, 1.165) is 52.7 Å². The van der Waals surface area contributed by atoms with E-state index in [1.807, 2.05) is 18.5 Å². The Kier molecular flexibility index (Phi) is 6.20. The van der Waals surface area contributed by atoms with Gasteiger partial charge in [-0.15, -0.1) is 0 Å². The van der Waals surface area contributed by atoms with Crippen LogP contribution in [0.15, 0.2) is 67.1 Å². The number of nitrogens with zero attached hydrogens (tertiary/aromatic N) is 4. The molecule has 0 radical (unpaired) electrons. The van der Waals surface area contributed by atoms with Crippen LogP contribution in [0.5, 0.6) is 5.75 Å². The highest BCUT2D eigenvalue weighted by atomic mass is 19.1. The van der Waals surface area contributed by atoms with Crippen LogP contribution in [0.2, 0.25) is 0 Å². The van der Waals surface area contributed by atoms with Gasteiger partial charge in [-0.25, -0.2) is 14.4 Å². The predicted molar refractivity (Wildman–Crippen MR) is 153 cm³/mol. The third-order valence-corrected chi connectivity index (χ3v) is 7.74. The molecule has 7 rings (SSSR count). The summed E-state index contributed by atoms with van der Waals surface area (Å²) in [5, 5.41) is 22.1. The molecule has 0 unspecified atom stereocenters. The van der Waals surface area contributed by atoms with E-state index >= 15 is 0 Å². The Morgan fingerprint density at radius 1 is 0.975 bits per heavy atom. The van der Waals surface area contributed by atoms with Gasteiger partial charge in [0.15, 0.2) is 11.5 Å². The van der Waals surface area contributed by atoms with Crippen molar-refractivity contribution in [1.29, 1.82) is 0 Å². The van der Waals surface area contributed by atoms with Gasteiger partial charge in [-0.3, -0.25) is 10.1 Å². The van der Waals surface area contributed by atoms with Crippen molar-refractivity contribution in [2.75, 3.05) is 6.54 Å². The summed E-state index contributed by atoms with van der Waals surface area (Å²) in [6.45, 7) is 1.86. The number of hydrogen-bond acceptors (Lipinski definition) is 6. The lowest BCUT2D eigenvalue weighted by molar-refractivity contribution is 0.469. The Labute approximate surface area is 229 Å². The summed E-state index contributed by atoms with van der Waals surface area (Å²) in [5.41, 5.74) is 7.08. The van der Waals surface area contributed by atoms with Crippen LogP contribution in [0.1, 0.15) is 31.2 Å². The van der Waals surface area contributed by atoms with E-state index in [1.165, 1.54) is 37.8 Å². The fourth-order valence-corrected chi connectivity index (χ4v) is 5.74. The van der Waals surface area contributed by atoms with Crippen molar-refractivity contribution >= 4 is 22.1 Å². The number of phenolic OH excluding ortho intramolecular Hbond substituents is 1. The molecule has 0 aliphatic heterocycles. The van der Waals surface area contributed by atoms with Crippen molar-refractivity contribution in [1.82, 2.24) is 35.5 Å². The number of aromatic hydroxyl groups is 1. The van der Waals surface area contributed by atoms with Gasteiger partial charge < -0.3 is 15.4 Å². The highest BCUT2D eigenvalue weighted by molar-refractivity contribution is 5.97. The van der Waals surface area contributed by atoms with E-state index in [1.54, 1.807) is 12.3 Å². The third kappa shape index (κ3) is 4.69. The van der Waals surface area contributed by atoms with Crippen molar-refractivity contribution in [3.8, 4) is 39.5 Å². The quantitative estimate of drug-likeness (QED) is 0.190. The smallest absolute Gasteiger partial charge is 0.178 e. The van der Waals surface area contributed by atoms with Crippen LogP contribution < -0.4 is 5.32 Å². The zero-order valence-corrected chi connectivity index (χ0v) is 21.8. The minimum absolute atomic E-state index is 0.145. The summed E-state index contributed by atoms with van der Waals surface area (Å²) in [7, 11) is 0. The van der Waals surface area contributed by atoms with Crippen LogP contribution in [0, 0.1) is 11.7 Å². The molecule has 4 N–H and O–H groups in total. The van der Waals surface area contributed by atoms with Crippen molar-refractivity contribution in [2.24, 2.45) is 5.92 Å². The fourth-order valence-electron chi connectivity index (χ4n) is 5.74. The number of H-pyrrole nitrogens is 2. The van der Waals surface area contributed by atoms with Crippen LogP contribution in [-0.2, 0) is 6.54 Å². The molecule has 0 amide bonds. The number of benzene rings is 2. The summed E-state index contributed by atoms with van der Waals surface area (Å²) in [5.74, 6) is 0.674. The lowest BCUT2D eigenvalue weighted by Crippen LogP contribution is -2.20. The number of pyridine rings is 2. The summed E-state index contributed by atoms with van der Waals surface area (Å²) >= 11 is 0. The Morgan fingerprint density at radius 3 is 2.75 bits per heavy atom. The summed E-state index contributed by atoms with van der Waals surface area (Å²) < 4.78 is 14.0. The zero-order valence-electron chi connectivity index (χ0n) is 21.8. The molecule has 1 aliphatic carbocycles. The van der Waals surface area contributed by atoms with Crippen molar-refractivity contribution in [3.63, 3.8) is 0 Å². The molecule has 8 nitrogen and oxygen atoms in total. The normalized spacial score (nSPS) is 14.0. The highest BCUT2D eigenvalue weighted by Crippen LogP contribution is 2.34. The molecule has 2 aromatic carbocycles. The Hall–Kier alpha value is -4.63. The van der Waals surface area contributed by atoms with E-state index in [-0.39, 0.29) is 5.75 Å². The average molecular weight is 534 g/mol. The van der Waals surface area contributed by atoms with Crippen molar-refractivity contribution in [3.05, 3.63) is 78.5 Å². The lowest BCUT2D eigenvalue weighted by Gasteiger charge is -2.11. The molecule has 4 aromatic heterocycles. The molecule has 40 heavy (non-hydrogen) atoms. The Morgan fingerprint density at radius 2 is 1.88 bits per heavy atom. The first-order valence-corrected chi connectivity index (χ1v) is 13.6. The molecule has 200 valence electrons. The monoisotopic (exact) mass is 533 g/mol. The van der Waals surface area contributed by atoms with Gasteiger partial charge >= 0.3 is 0 Å². The van der Waals surface area contributed by atoms with Crippen LogP contribution in [0.4, 0.5) is 4.39 Å². The first-order valence-electron chi connectivity index (χ1n) is 13.6. The molecule has 1 aliphatic rings. The average Bonchev–Trinajstić information content (AvgIpc) is 3.71. The molecular formula is C31H28FN7O. The summed E-state index contributed by atoms with van der Waals surface area (Å²) in [4.78, 5) is 16.9. The summed E-state index contributed by atoms with van der Waals surface area (Å²) in [6.07, 6.45) is 10.8. The largest absolute Gasteiger partial charge is 0.508 e. The molecule has 1 fully saturated rings. The summed E-state index contributed by atoms with van der Waals surface area (Å²) in [6, 6.07) is 14.1. The first kappa shape index (κ1) is 24.4. The van der Waals surface area contributed by atoms with Gasteiger partial charge in [-0.2, -0.15) is 5.10 Å². The number of fused-ring (bicyclic) bond motifs is 2. The number of aromatic nitrogens is 6. The van der Waals surface area contributed by atoms with Crippen LogP contribution in [0.3, 0.4) is 0 Å². The maximum absolute atomic E-state index is 14.0. The Balaban J connectivity index is 1.21. The maximum Gasteiger partial charge on any atom is 0.178 e. The molecular weight excluding hydrogens is 505 g/mol. The standard InChI is InChI=1S/C31H28FN7O/c32-23-10-21(11-24(40)13-23)25-7-8-35-30-28(25)36-31(37-30)29-26-12-20(5-6-27(26)38-39-29)22-9-19(16-34-17-22)15-33-14-18-3-1-2-4-18/h5-13,16-18,33,40H,1-4,14-15H2,(H,38,39)(H,35,36,37). The van der Waals surface area contributed by atoms with Gasteiger partial charge in [0.2, 0.25) is 0 Å². The van der Waals surface area contributed by atoms with Crippen LogP contribution >= 0.6 is 0 Å². The highest BCUT2D eigenvalue weighted by Gasteiger charge is 2.17. The number of aromatic amines is 2. The van der Waals surface area contributed by atoms with E-state index in [9.17, 15) is 9.50 Å². The molecule has 0 saturated heterocycles. The van der Waals surface area contributed by atoms with Gasteiger partial charge in [-0.1, -0.05) is 18.9 Å². The fraction of sp³-hybridized carbons (Fsp3) is 0.226. The number of hydrogen-bond donors (Lipinski definition) is 4. The zero-order chi connectivity index (χ0) is 27.1. The van der Waals surface area contributed by atoms with Crippen LogP contribution in [-0.4, -0.2) is 41.8 Å². The van der Waals surface area contributed by atoms with Gasteiger partial charge in [0.05, 0.1) is 11.0 Å². The second-order valence-corrected chi connectivity index (χ2v) is 10.5. The first-order chi connectivity index (χ1) is 19.6. The van der Waals surface area contributed by atoms with Gasteiger partial charge in [0.25, 0.3) is 0 Å². The topological polar surface area (TPSA) is 115 Å². The predicted octanol–water partition coefficient (Wildman–Crippen LogP) is 6.35. The van der Waals surface area contributed by atoms with Gasteiger partial charge in [0, 0.05) is 47.7 Å². The number of halogens is 1. The number of phenols is 1. The molecule has 6 aromatic rings. The van der Waals surface area contributed by atoms with E-state index in [0.29, 0.717) is 33.8 Å². The second-order valence-electron chi connectivity index (χ2n) is 10.5. The Bertz CT molecular complexity index is 1820. The number of imidazole rings is 1. The molecule has 0 atom stereocenters. The molecule has 0 spiro atoms. The second kappa shape index (κ2) is 10.2. The molecule has 4 heterocycles.